The minimum Gasteiger partial charge on any atom is -0.492 e. The van der Waals surface area contributed by atoms with Gasteiger partial charge in [-0.2, -0.15) is 0 Å². The molecule has 2 saturated heterocycles. The summed E-state index contributed by atoms with van der Waals surface area (Å²) in [7, 11) is 0. The zero-order valence-corrected chi connectivity index (χ0v) is 12.2. The van der Waals surface area contributed by atoms with Gasteiger partial charge in [-0.3, -0.25) is 4.90 Å². The Hall–Kier alpha value is -1.26. The summed E-state index contributed by atoms with van der Waals surface area (Å²) in [6.07, 6.45) is 2.69. The van der Waals surface area contributed by atoms with Crippen LogP contribution < -0.4 is 15.0 Å². The fourth-order valence-electron chi connectivity index (χ4n) is 2.98. The maximum absolute atomic E-state index is 5.84. The van der Waals surface area contributed by atoms with Gasteiger partial charge in [0, 0.05) is 38.4 Å². The van der Waals surface area contributed by atoms with Crippen molar-refractivity contribution < 1.29 is 4.74 Å². The first-order valence-electron chi connectivity index (χ1n) is 7.83. The molecular formula is C16H25N3O. The molecule has 2 fully saturated rings. The molecule has 2 aliphatic heterocycles. The second kappa shape index (κ2) is 6.95. The number of piperazine rings is 1. The van der Waals surface area contributed by atoms with Gasteiger partial charge < -0.3 is 15.0 Å². The zero-order chi connectivity index (χ0) is 13.6. The lowest BCUT2D eigenvalue weighted by Gasteiger charge is -2.29. The molecule has 2 aliphatic rings. The molecule has 1 N–H and O–H groups in total. The molecule has 4 nitrogen and oxygen atoms in total. The Balaban J connectivity index is 1.45. The Bertz CT molecular complexity index is 395. The number of anilines is 1. The molecule has 0 aliphatic carbocycles. The van der Waals surface area contributed by atoms with E-state index >= 15 is 0 Å². The lowest BCUT2D eigenvalue weighted by atomic mass is 10.2. The maximum Gasteiger partial charge on any atom is 0.119 e. The molecule has 0 saturated carbocycles. The molecule has 0 aromatic heterocycles. The molecule has 0 spiro atoms. The van der Waals surface area contributed by atoms with Gasteiger partial charge in [0.1, 0.15) is 12.4 Å². The number of benzene rings is 1. The zero-order valence-electron chi connectivity index (χ0n) is 12.2. The topological polar surface area (TPSA) is 27.7 Å². The number of nitrogens with one attached hydrogen (secondary N) is 1. The van der Waals surface area contributed by atoms with Crippen molar-refractivity contribution in [3.63, 3.8) is 0 Å². The van der Waals surface area contributed by atoms with Gasteiger partial charge in [-0.25, -0.2) is 0 Å². The summed E-state index contributed by atoms with van der Waals surface area (Å²) in [6.45, 7) is 8.68. The van der Waals surface area contributed by atoms with Crippen LogP contribution in [-0.4, -0.2) is 57.3 Å². The minimum atomic E-state index is 0.799. The Kier molecular flexibility index (Phi) is 4.77. The standard InChI is InChI=1S/C16H25N3O/c1-2-10-18(9-1)13-14-20-16-5-3-15(4-6-16)19-11-7-17-8-12-19/h3-6,17H,1-2,7-14H2. The highest BCUT2D eigenvalue weighted by atomic mass is 16.5. The number of nitrogens with zero attached hydrogens (tertiary/aromatic N) is 2. The summed E-state index contributed by atoms with van der Waals surface area (Å²) in [4.78, 5) is 4.90. The Morgan fingerprint density at radius 2 is 1.65 bits per heavy atom. The van der Waals surface area contributed by atoms with Crippen LogP contribution >= 0.6 is 0 Å². The normalized spacial score (nSPS) is 20.3. The van der Waals surface area contributed by atoms with E-state index in [0.717, 1.165) is 45.1 Å². The van der Waals surface area contributed by atoms with Crippen molar-refractivity contribution in [1.29, 1.82) is 0 Å². The van der Waals surface area contributed by atoms with E-state index in [0.29, 0.717) is 0 Å². The molecule has 0 amide bonds. The summed E-state index contributed by atoms with van der Waals surface area (Å²) < 4.78 is 5.84. The number of ether oxygens (including phenoxy) is 1. The Morgan fingerprint density at radius 1 is 0.950 bits per heavy atom. The molecule has 3 rings (SSSR count). The van der Waals surface area contributed by atoms with Crippen LogP contribution in [-0.2, 0) is 0 Å². The van der Waals surface area contributed by atoms with E-state index in [1.54, 1.807) is 0 Å². The van der Waals surface area contributed by atoms with E-state index in [-0.39, 0.29) is 0 Å². The molecule has 2 heterocycles. The Morgan fingerprint density at radius 3 is 2.35 bits per heavy atom. The van der Waals surface area contributed by atoms with Crippen molar-refractivity contribution in [2.75, 3.05) is 57.3 Å². The minimum absolute atomic E-state index is 0.799. The molecule has 0 radical (unpaired) electrons. The molecule has 0 bridgehead atoms. The van der Waals surface area contributed by atoms with E-state index in [9.17, 15) is 0 Å². The second-order valence-electron chi connectivity index (χ2n) is 5.63. The predicted molar refractivity (Wildman–Crippen MR) is 82.7 cm³/mol. The van der Waals surface area contributed by atoms with Crippen molar-refractivity contribution in [1.82, 2.24) is 10.2 Å². The summed E-state index contributed by atoms with van der Waals surface area (Å²) in [6, 6.07) is 8.55. The Labute approximate surface area is 121 Å². The van der Waals surface area contributed by atoms with Crippen LogP contribution in [0, 0.1) is 0 Å². The van der Waals surface area contributed by atoms with Gasteiger partial charge in [0.05, 0.1) is 0 Å². The smallest absolute Gasteiger partial charge is 0.119 e. The fraction of sp³-hybridized carbons (Fsp3) is 0.625. The van der Waals surface area contributed by atoms with Gasteiger partial charge in [-0.15, -0.1) is 0 Å². The third-order valence-electron chi connectivity index (χ3n) is 4.19. The molecule has 1 aromatic rings. The number of hydrogen-bond donors (Lipinski definition) is 1. The molecule has 1 aromatic carbocycles. The largest absolute Gasteiger partial charge is 0.492 e. The third-order valence-corrected chi connectivity index (χ3v) is 4.19. The van der Waals surface area contributed by atoms with Crippen LogP contribution in [0.4, 0.5) is 5.69 Å². The lowest BCUT2D eigenvalue weighted by Crippen LogP contribution is -2.43. The highest BCUT2D eigenvalue weighted by Crippen LogP contribution is 2.19. The third kappa shape index (κ3) is 3.64. The number of rotatable bonds is 5. The van der Waals surface area contributed by atoms with Gasteiger partial charge in [-0.1, -0.05) is 0 Å². The first-order valence-corrected chi connectivity index (χ1v) is 7.83. The summed E-state index contributed by atoms with van der Waals surface area (Å²) in [5.74, 6) is 0.989. The van der Waals surface area contributed by atoms with Crippen LogP contribution in [0.5, 0.6) is 5.75 Å². The molecular weight excluding hydrogens is 250 g/mol. The molecule has 20 heavy (non-hydrogen) atoms. The quantitative estimate of drug-likeness (QED) is 0.883. The van der Waals surface area contributed by atoms with Crippen molar-refractivity contribution in [3.8, 4) is 5.75 Å². The summed E-state index contributed by atoms with van der Waals surface area (Å²) >= 11 is 0. The maximum atomic E-state index is 5.84. The SMILES string of the molecule is c1cc(N2CCNCC2)ccc1OCCN1CCCC1. The van der Waals surface area contributed by atoms with Gasteiger partial charge in [0.25, 0.3) is 0 Å². The van der Waals surface area contributed by atoms with Gasteiger partial charge in [-0.05, 0) is 50.2 Å². The fourth-order valence-corrected chi connectivity index (χ4v) is 2.98. The van der Waals surface area contributed by atoms with Crippen molar-refractivity contribution in [3.05, 3.63) is 24.3 Å². The van der Waals surface area contributed by atoms with E-state index in [4.69, 9.17) is 4.74 Å². The van der Waals surface area contributed by atoms with E-state index in [1.165, 1.54) is 31.6 Å². The number of hydrogen-bond acceptors (Lipinski definition) is 4. The van der Waals surface area contributed by atoms with Crippen LogP contribution in [0.2, 0.25) is 0 Å². The van der Waals surface area contributed by atoms with Gasteiger partial charge in [0.15, 0.2) is 0 Å². The highest BCUT2D eigenvalue weighted by molar-refractivity contribution is 5.49. The molecule has 4 heteroatoms. The van der Waals surface area contributed by atoms with Gasteiger partial charge >= 0.3 is 0 Å². The van der Waals surface area contributed by atoms with Gasteiger partial charge in [0.2, 0.25) is 0 Å². The summed E-state index contributed by atoms with van der Waals surface area (Å²) in [5, 5.41) is 3.38. The van der Waals surface area contributed by atoms with Crippen molar-refractivity contribution >= 4 is 5.69 Å². The van der Waals surface area contributed by atoms with Crippen LogP contribution in [0.3, 0.4) is 0 Å². The van der Waals surface area contributed by atoms with E-state index in [2.05, 4.69) is 39.4 Å². The monoisotopic (exact) mass is 275 g/mol. The average Bonchev–Trinajstić information content (AvgIpc) is 3.02. The predicted octanol–water partition coefficient (Wildman–Crippen LogP) is 1.57. The average molecular weight is 275 g/mol. The van der Waals surface area contributed by atoms with Crippen molar-refractivity contribution in [2.45, 2.75) is 12.8 Å². The van der Waals surface area contributed by atoms with Crippen molar-refractivity contribution in [2.24, 2.45) is 0 Å². The molecule has 110 valence electrons. The molecule has 0 atom stereocenters. The second-order valence-corrected chi connectivity index (χ2v) is 5.63. The molecule has 0 unspecified atom stereocenters. The van der Waals surface area contributed by atoms with Crippen LogP contribution in [0.15, 0.2) is 24.3 Å². The highest BCUT2D eigenvalue weighted by Gasteiger charge is 2.11. The van der Waals surface area contributed by atoms with Crippen LogP contribution in [0.25, 0.3) is 0 Å². The first kappa shape index (κ1) is 13.7. The van der Waals surface area contributed by atoms with E-state index < -0.39 is 0 Å². The van der Waals surface area contributed by atoms with Crippen LogP contribution in [0.1, 0.15) is 12.8 Å². The number of likely N-dealkylation sites (tertiary alicyclic amines) is 1. The summed E-state index contributed by atoms with van der Waals surface area (Å²) in [5.41, 5.74) is 1.30. The first-order chi connectivity index (χ1) is 9.92. The van der Waals surface area contributed by atoms with E-state index in [1.807, 2.05) is 0 Å². The lowest BCUT2D eigenvalue weighted by molar-refractivity contribution is 0.238.